The van der Waals surface area contributed by atoms with Gasteiger partial charge in [-0.1, -0.05) is 31.0 Å². The number of carbonyl (C=O) groups excluding carboxylic acids is 2. The molecule has 2 unspecified atom stereocenters. The van der Waals surface area contributed by atoms with Gasteiger partial charge in [0.2, 0.25) is 5.91 Å². The fourth-order valence-electron chi connectivity index (χ4n) is 3.86. The van der Waals surface area contributed by atoms with Gasteiger partial charge in [0.25, 0.3) is 5.91 Å². The summed E-state index contributed by atoms with van der Waals surface area (Å²) in [7, 11) is 2.03. The number of nitrogens with one attached hydrogen (secondary N) is 1. The van der Waals surface area contributed by atoms with E-state index in [1.54, 1.807) is 12.1 Å². The number of amides is 2. The van der Waals surface area contributed by atoms with Crippen LogP contribution >= 0.6 is 0 Å². The molecule has 0 aliphatic carbocycles. The third kappa shape index (κ3) is 4.79. The predicted molar refractivity (Wildman–Crippen MR) is 106 cm³/mol. The maximum absolute atomic E-state index is 13.1. The Morgan fingerprint density at radius 2 is 1.89 bits per heavy atom. The molecule has 2 atom stereocenters. The molecule has 0 spiro atoms. The number of aryl methyl sites for hydroxylation is 1. The van der Waals surface area contributed by atoms with E-state index in [4.69, 9.17) is 0 Å². The van der Waals surface area contributed by atoms with E-state index >= 15 is 0 Å². The lowest BCUT2D eigenvalue weighted by Gasteiger charge is -2.31. The van der Waals surface area contributed by atoms with Gasteiger partial charge in [0.1, 0.15) is 0 Å². The average Bonchev–Trinajstić information content (AvgIpc) is 2.93. The van der Waals surface area contributed by atoms with Crippen LogP contribution in [0.4, 0.5) is 0 Å². The van der Waals surface area contributed by atoms with Gasteiger partial charge >= 0.3 is 0 Å². The summed E-state index contributed by atoms with van der Waals surface area (Å²) in [6.07, 6.45) is 6.68. The molecular formula is C22H29N3O2. The van der Waals surface area contributed by atoms with Crippen molar-refractivity contribution in [3.8, 4) is 0 Å². The van der Waals surface area contributed by atoms with Gasteiger partial charge in [-0.15, -0.1) is 0 Å². The monoisotopic (exact) mass is 367 g/mol. The van der Waals surface area contributed by atoms with Crippen LogP contribution in [0, 0.1) is 0 Å². The van der Waals surface area contributed by atoms with Gasteiger partial charge in [-0.3, -0.25) is 9.59 Å². The molecule has 5 heteroatoms. The zero-order valence-corrected chi connectivity index (χ0v) is 16.2. The van der Waals surface area contributed by atoms with E-state index in [2.05, 4.69) is 16.0 Å². The molecule has 144 valence electrons. The van der Waals surface area contributed by atoms with Crippen molar-refractivity contribution in [3.63, 3.8) is 0 Å². The lowest BCUT2D eigenvalue weighted by atomic mass is 10.1. The number of aromatic nitrogens is 1. The largest absolute Gasteiger partial charge is 0.353 e. The van der Waals surface area contributed by atoms with Crippen LogP contribution < -0.4 is 5.32 Å². The van der Waals surface area contributed by atoms with Gasteiger partial charge in [0, 0.05) is 43.5 Å². The van der Waals surface area contributed by atoms with Gasteiger partial charge in [-0.05, 0) is 44.0 Å². The van der Waals surface area contributed by atoms with Crippen LogP contribution in [0.1, 0.15) is 61.1 Å². The smallest absolute Gasteiger partial charge is 0.251 e. The lowest BCUT2D eigenvalue weighted by molar-refractivity contribution is -0.134. The topological polar surface area (TPSA) is 54.3 Å². The highest BCUT2D eigenvalue weighted by Gasteiger charge is 2.29. The molecule has 1 aromatic heterocycles. The van der Waals surface area contributed by atoms with Crippen LogP contribution in [-0.2, 0) is 11.8 Å². The van der Waals surface area contributed by atoms with Crippen molar-refractivity contribution in [1.29, 1.82) is 0 Å². The Morgan fingerprint density at radius 3 is 2.59 bits per heavy atom. The van der Waals surface area contributed by atoms with Gasteiger partial charge in [-0.2, -0.15) is 0 Å². The van der Waals surface area contributed by atoms with Crippen LogP contribution in [0.3, 0.4) is 0 Å². The van der Waals surface area contributed by atoms with Crippen molar-refractivity contribution in [3.05, 3.63) is 59.9 Å². The quantitative estimate of drug-likeness (QED) is 0.876. The van der Waals surface area contributed by atoms with E-state index in [1.807, 2.05) is 49.3 Å². The molecule has 0 bridgehead atoms. The van der Waals surface area contributed by atoms with Gasteiger partial charge in [-0.25, -0.2) is 0 Å². The molecule has 1 N–H and O–H groups in total. The first-order valence-corrected chi connectivity index (χ1v) is 9.83. The van der Waals surface area contributed by atoms with Crippen LogP contribution in [0.2, 0.25) is 0 Å². The van der Waals surface area contributed by atoms with E-state index in [0.717, 1.165) is 32.2 Å². The van der Waals surface area contributed by atoms with E-state index in [0.29, 0.717) is 12.0 Å². The minimum atomic E-state index is -0.206. The number of rotatable bonds is 5. The Hall–Kier alpha value is -2.56. The summed E-state index contributed by atoms with van der Waals surface area (Å²) in [5.74, 6) is -0.0188. The highest BCUT2D eigenvalue weighted by molar-refractivity contribution is 5.94. The summed E-state index contributed by atoms with van der Waals surface area (Å²) in [6.45, 7) is 2.68. The van der Waals surface area contributed by atoms with Crippen molar-refractivity contribution in [2.24, 2.45) is 7.05 Å². The second-order valence-electron chi connectivity index (χ2n) is 7.44. The standard InChI is InChI=1S/C22H29N3O2/c1-17(23-22(27)18-10-5-3-6-11-18)16-21(26)25-15-8-4-7-12-20(25)19-13-9-14-24(19)2/h3,5-6,9-11,13-14,17,20H,4,7-8,12,15-16H2,1-2H3,(H,23,27). The highest BCUT2D eigenvalue weighted by Crippen LogP contribution is 2.30. The number of hydrogen-bond acceptors (Lipinski definition) is 2. The second kappa shape index (κ2) is 8.89. The first-order valence-electron chi connectivity index (χ1n) is 9.83. The van der Waals surface area contributed by atoms with Crippen molar-refractivity contribution in [2.75, 3.05) is 6.54 Å². The minimum Gasteiger partial charge on any atom is -0.353 e. The molecule has 2 heterocycles. The molecule has 5 nitrogen and oxygen atoms in total. The molecular weight excluding hydrogens is 338 g/mol. The Kier molecular flexibility index (Phi) is 6.32. The summed E-state index contributed by atoms with van der Waals surface area (Å²) in [5.41, 5.74) is 1.81. The molecule has 1 aliphatic rings. The summed E-state index contributed by atoms with van der Waals surface area (Å²) >= 11 is 0. The Morgan fingerprint density at radius 1 is 1.11 bits per heavy atom. The number of hydrogen-bond donors (Lipinski definition) is 1. The van der Waals surface area contributed by atoms with E-state index in [-0.39, 0.29) is 23.9 Å². The normalized spacial score (nSPS) is 18.6. The first-order chi connectivity index (χ1) is 13.1. The van der Waals surface area contributed by atoms with Crippen LogP contribution in [0.25, 0.3) is 0 Å². The van der Waals surface area contributed by atoms with Crippen molar-refractivity contribution in [1.82, 2.24) is 14.8 Å². The Labute approximate surface area is 161 Å². The zero-order valence-electron chi connectivity index (χ0n) is 16.2. The third-order valence-corrected chi connectivity index (χ3v) is 5.29. The molecule has 0 radical (unpaired) electrons. The molecule has 1 saturated heterocycles. The van der Waals surface area contributed by atoms with Crippen molar-refractivity contribution < 1.29 is 9.59 Å². The molecule has 3 rings (SSSR count). The van der Waals surface area contributed by atoms with Gasteiger partial charge < -0.3 is 14.8 Å². The van der Waals surface area contributed by atoms with Crippen molar-refractivity contribution >= 4 is 11.8 Å². The molecule has 27 heavy (non-hydrogen) atoms. The second-order valence-corrected chi connectivity index (χ2v) is 7.44. The van der Waals surface area contributed by atoms with E-state index in [1.165, 1.54) is 5.69 Å². The highest BCUT2D eigenvalue weighted by atomic mass is 16.2. The fraction of sp³-hybridized carbons (Fsp3) is 0.455. The molecule has 2 aromatic rings. The maximum atomic E-state index is 13.1. The summed E-state index contributed by atoms with van der Waals surface area (Å²) in [5, 5.41) is 2.95. The summed E-state index contributed by atoms with van der Waals surface area (Å²) < 4.78 is 2.11. The minimum absolute atomic E-state index is 0.115. The molecule has 1 aromatic carbocycles. The molecule has 1 aliphatic heterocycles. The van der Waals surface area contributed by atoms with Gasteiger partial charge in [0.15, 0.2) is 0 Å². The van der Waals surface area contributed by atoms with Crippen LogP contribution in [0.5, 0.6) is 0 Å². The number of carbonyl (C=O) groups is 2. The predicted octanol–water partition coefficient (Wildman–Crippen LogP) is 3.68. The molecule has 1 fully saturated rings. The maximum Gasteiger partial charge on any atom is 0.251 e. The Balaban J connectivity index is 1.65. The fourth-order valence-corrected chi connectivity index (χ4v) is 3.86. The Bertz CT molecular complexity index is 769. The van der Waals surface area contributed by atoms with E-state index in [9.17, 15) is 9.59 Å². The summed E-state index contributed by atoms with van der Waals surface area (Å²) in [4.78, 5) is 27.4. The number of likely N-dealkylation sites (tertiary alicyclic amines) is 1. The van der Waals surface area contributed by atoms with Crippen LogP contribution in [-0.4, -0.2) is 33.9 Å². The average molecular weight is 367 g/mol. The zero-order chi connectivity index (χ0) is 19.2. The first kappa shape index (κ1) is 19.2. The third-order valence-electron chi connectivity index (χ3n) is 5.29. The lowest BCUT2D eigenvalue weighted by Crippen LogP contribution is -2.41. The number of nitrogens with zero attached hydrogens (tertiary/aromatic N) is 2. The van der Waals surface area contributed by atoms with Crippen LogP contribution in [0.15, 0.2) is 48.7 Å². The van der Waals surface area contributed by atoms with E-state index < -0.39 is 0 Å². The number of benzene rings is 1. The molecule has 0 saturated carbocycles. The van der Waals surface area contributed by atoms with Gasteiger partial charge in [0.05, 0.1) is 6.04 Å². The molecule has 2 amide bonds. The summed E-state index contributed by atoms with van der Waals surface area (Å²) in [6, 6.07) is 13.2. The SMILES string of the molecule is CC(CC(=O)N1CCCCCC1c1cccn1C)NC(=O)c1ccccc1. The van der Waals surface area contributed by atoms with Crippen molar-refractivity contribution in [2.45, 2.75) is 51.1 Å².